The summed E-state index contributed by atoms with van der Waals surface area (Å²) < 4.78 is 0. The molecule has 35 heavy (non-hydrogen) atoms. The lowest BCUT2D eigenvalue weighted by Gasteiger charge is -2.27. The third-order valence-corrected chi connectivity index (χ3v) is 14.4. The van der Waals surface area contributed by atoms with Crippen molar-refractivity contribution in [2.75, 3.05) is 0 Å². The van der Waals surface area contributed by atoms with E-state index in [4.69, 9.17) is 0 Å². The van der Waals surface area contributed by atoms with Gasteiger partial charge in [0.2, 0.25) is 0 Å². The molecule has 0 aromatic rings. The zero-order valence-corrected chi connectivity index (χ0v) is 26.6. The Kier molecular flexibility index (Phi) is 29.0. The fourth-order valence-electron chi connectivity index (χ4n) is 5.87. The third kappa shape index (κ3) is 24.3. The van der Waals surface area contributed by atoms with E-state index in [1.807, 2.05) is 0 Å². The van der Waals surface area contributed by atoms with Gasteiger partial charge in [-0.2, -0.15) is 0 Å². The van der Waals surface area contributed by atoms with E-state index in [2.05, 4.69) is 33.7 Å². The summed E-state index contributed by atoms with van der Waals surface area (Å²) in [6.07, 6.45) is 38.4. The minimum absolute atomic E-state index is 0.963. The lowest BCUT2D eigenvalue weighted by atomic mass is 10.0. The maximum Gasteiger partial charge on any atom is 0.0558 e. The average Bonchev–Trinajstić information content (AvgIpc) is 2.89. The van der Waals surface area contributed by atoms with Gasteiger partial charge in [0.1, 0.15) is 0 Å². The van der Waals surface area contributed by atoms with Gasteiger partial charge >= 0.3 is 0 Å². The smallest absolute Gasteiger partial charge is 0.0558 e. The molecule has 0 aliphatic heterocycles. The van der Waals surface area contributed by atoms with Crippen molar-refractivity contribution in [3.63, 3.8) is 0 Å². The highest BCUT2D eigenvalue weighted by Gasteiger charge is 2.25. The first-order valence-electron chi connectivity index (χ1n) is 17.1. The molecule has 0 nitrogen and oxygen atoms in total. The van der Waals surface area contributed by atoms with Crippen LogP contribution in [0, 0.1) is 6.04 Å². The minimum atomic E-state index is -0.963. The normalized spacial score (nSPS) is 12.0. The van der Waals surface area contributed by atoms with Crippen molar-refractivity contribution in [1.29, 1.82) is 0 Å². The molecule has 0 aromatic carbocycles. The van der Waals surface area contributed by atoms with Crippen LogP contribution in [0.5, 0.6) is 0 Å². The van der Waals surface area contributed by atoms with Crippen LogP contribution in [-0.2, 0) is 0 Å². The van der Waals surface area contributed by atoms with Gasteiger partial charge in [0.25, 0.3) is 0 Å². The molecule has 0 spiro atoms. The molecule has 0 rings (SSSR count). The Labute approximate surface area is 226 Å². The Morgan fingerprint density at radius 2 is 0.543 bits per heavy atom. The molecule has 0 saturated heterocycles. The summed E-state index contributed by atoms with van der Waals surface area (Å²) in [5, 5.41) is 0. The molecule has 211 valence electrons. The van der Waals surface area contributed by atoms with E-state index in [0.29, 0.717) is 0 Å². The molecule has 0 bridgehead atoms. The predicted molar refractivity (Wildman–Crippen MR) is 167 cm³/mol. The van der Waals surface area contributed by atoms with Gasteiger partial charge in [-0.15, -0.1) is 0 Å². The maximum absolute atomic E-state index is 2.80. The van der Waals surface area contributed by atoms with Crippen molar-refractivity contribution in [2.45, 2.75) is 213 Å². The molecule has 1 heteroatoms. The first-order valence-corrected chi connectivity index (χ1v) is 19.8. The van der Waals surface area contributed by atoms with Gasteiger partial charge in [-0.3, -0.25) is 0 Å². The highest BCUT2D eigenvalue weighted by Crippen LogP contribution is 2.26. The lowest BCUT2D eigenvalue weighted by Crippen LogP contribution is -2.32. The Bertz CT molecular complexity index is 365. The molecule has 1 radical (unpaired) electrons. The molecule has 0 aliphatic carbocycles. The topological polar surface area (TPSA) is 0 Å². The van der Waals surface area contributed by atoms with E-state index in [-0.39, 0.29) is 0 Å². The number of hydrogen-bond acceptors (Lipinski definition) is 0. The first kappa shape index (κ1) is 35.2. The van der Waals surface area contributed by atoms with Crippen LogP contribution in [0.2, 0.25) is 18.1 Å². The summed E-state index contributed by atoms with van der Waals surface area (Å²) in [4.78, 5) is 0. The zero-order valence-electron chi connectivity index (χ0n) is 25.6. The molecular formula is C34H71Si. The van der Waals surface area contributed by atoms with Crippen molar-refractivity contribution in [3.8, 4) is 0 Å². The largest absolute Gasteiger partial charge is 0.0678 e. The van der Waals surface area contributed by atoms with Crippen LogP contribution in [0.3, 0.4) is 0 Å². The fourth-order valence-corrected chi connectivity index (χ4v) is 9.06. The van der Waals surface area contributed by atoms with Crippen LogP contribution >= 0.6 is 0 Å². The molecule has 0 aliphatic rings. The second kappa shape index (κ2) is 28.8. The van der Waals surface area contributed by atoms with Crippen molar-refractivity contribution < 1.29 is 0 Å². The van der Waals surface area contributed by atoms with Gasteiger partial charge in [0.05, 0.1) is 8.07 Å². The Hall–Kier alpha value is 0.217. The average molecular weight is 508 g/mol. The van der Waals surface area contributed by atoms with Gasteiger partial charge in [0, 0.05) is 0 Å². The van der Waals surface area contributed by atoms with Gasteiger partial charge in [0.15, 0.2) is 0 Å². The van der Waals surface area contributed by atoms with E-state index in [9.17, 15) is 0 Å². The molecule has 0 unspecified atom stereocenters. The molecule has 0 aromatic heterocycles. The van der Waals surface area contributed by atoms with Crippen molar-refractivity contribution in [1.82, 2.24) is 0 Å². The molecular weight excluding hydrogens is 436 g/mol. The van der Waals surface area contributed by atoms with Gasteiger partial charge in [-0.05, 0) is 6.04 Å². The Balaban J connectivity index is 3.14. The maximum atomic E-state index is 2.80. The Morgan fingerprint density at radius 1 is 0.314 bits per heavy atom. The quantitative estimate of drug-likeness (QED) is 0.0669. The molecule has 0 amide bonds. The van der Waals surface area contributed by atoms with Crippen molar-refractivity contribution >= 4 is 8.07 Å². The highest BCUT2D eigenvalue weighted by atomic mass is 28.3. The second-order valence-electron chi connectivity index (χ2n) is 11.9. The standard InChI is InChI=1S/C34H71Si/c1-5-9-10-11-12-13-14-15-16-17-18-19-20-21-22-23-24-25-26-27-28-29-30-31-32-33-34-35(6-2,7-3)8-4/h34H,5-33H2,1-4H3. The van der Waals surface area contributed by atoms with E-state index in [1.54, 1.807) is 0 Å². The van der Waals surface area contributed by atoms with Crippen LogP contribution < -0.4 is 0 Å². The van der Waals surface area contributed by atoms with Crippen LogP contribution in [-0.4, -0.2) is 8.07 Å². The first-order chi connectivity index (χ1) is 17.2. The van der Waals surface area contributed by atoms with Crippen LogP contribution in [0.15, 0.2) is 0 Å². The highest BCUT2D eigenvalue weighted by molar-refractivity contribution is 6.82. The van der Waals surface area contributed by atoms with Crippen molar-refractivity contribution in [3.05, 3.63) is 6.04 Å². The number of unbranched alkanes of at least 4 members (excludes halogenated alkanes) is 25. The second-order valence-corrected chi connectivity index (χ2v) is 17.2. The predicted octanol–water partition coefficient (Wildman–Crippen LogP) is 13.4. The van der Waals surface area contributed by atoms with Crippen molar-refractivity contribution in [2.24, 2.45) is 0 Å². The summed E-state index contributed by atoms with van der Waals surface area (Å²) >= 11 is 0. The molecule has 0 heterocycles. The van der Waals surface area contributed by atoms with E-state index in [1.165, 1.54) is 185 Å². The summed E-state index contributed by atoms with van der Waals surface area (Å²) in [5.41, 5.74) is 0. The number of rotatable bonds is 30. The monoisotopic (exact) mass is 508 g/mol. The molecule has 0 atom stereocenters. The molecule has 0 fully saturated rings. The summed E-state index contributed by atoms with van der Waals surface area (Å²) in [6, 6.07) is 7.17. The SMILES string of the molecule is CCCCCCCCCCCCCCCCCCCCCCCCCCC[CH][Si](CC)(CC)CC. The lowest BCUT2D eigenvalue weighted by molar-refractivity contribution is 0.516. The molecule has 0 N–H and O–H groups in total. The van der Waals surface area contributed by atoms with Gasteiger partial charge < -0.3 is 0 Å². The van der Waals surface area contributed by atoms with E-state index >= 15 is 0 Å². The fraction of sp³-hybridized carbons (Fsp3) is 0.971. The van der Waals surface area contributed by atoms with Gasteiger partial charge in [-0.1, -0.05) is 213 Å². The Morgan fingerprint density at radius 3 is 0.771 bits per heavy atom. The summed E-state index contributed by atoms with van der Waals surface area (Å²) in [7, 11) is -0.963. The zero-order chi connectivity index (χ0) is 25.7. The van der Waals surface area contributed by atoms with Crippen LogP contribution in [0.1, 0.15) is 195 Å². The summed E-state index contributed by atoms with van der Waals surface area (Å²) in [5.74, 6) is 0. The number of hydrogen-bond donors (Lipinski definition) is 0. The van der Waals surface area contributed by atoms with E-state index < -0.39 is 8.07 Å². The molecule has 0 saturated carbocycles. The third-order valence-electron chi connectivity index (χ3n) is 9.00. The summed E-state index contributed by atoms with van der Waals surface area (Å²) in [6.45, 7) is 9.59. The van der Waals surface area contributed by atoms with Crippen LogP contribution in [0.25, 0.3) is 0 Å². The van der Waals surface area contributed by atoms with Gasteiger partial charge in [-0.25, -0.2) is 0 Å². The van der Waals surface area contributed by atoms with E-state index in [0.717, 1.165) is 0 Å². The minimum Gasteiger partial charge on any atom is -0.0678 e. The van der Waals surface area contributed by atoms with Crippen LogP contribution in [0.4, 0.5) is 0 Å².